The van der Waals surface area contributed by atoms with E-state index in [0.717, 1.165) is 0 Å². The first kappa shape index (κ1) is 53.3. The maximum atomic E-state index is 15.0. The molecule has 0 heterocycles. The molecule has 3 nitrogen and oxygen atoms in total. The van der Waals surface area contributed by atoms with Gasteiger partial charge in [-0.25, -0.2) is 9.47 Å². The predicted molar refractivity (Wildman–Crippen MR) is 81.1 cm³/mol. The molecule has 0 aliphatic carbocycles. The fourth-order valence-corrected chi connectivity index (χ4v) is 3.12. The van der Waals surface area contributed by atoms with Crippen LogP contribution in [-0.2, 0) is 9.47 Å². The van der Waals surface area contributed by atoms with E-state index in [9.17, 15) is 149 Å². The van der Waals surface area contributed by atoms with Gasteiger partial charge in [0.05, 0.1) is 0 Å². The van der Waals surface area contributed by atoms with Crippen molar-refractivity contribution in [3.05, 3.63) is 0 Å². The molecule has 0 aliphatic rings. The second-order valence-corrected chi connectivity index (χ2v) is 8.83. The third-order valence-corrected chi connectivity index (χ3v) is 5.47. The first-order chi connectivity index (χ1) is 21.7. The Labute approximate surface area is 279 Å². The minimum absolute atomic E-state index is 0. The fourth-order valence-electron chi connectivity index (χ4n) is 3.12. The lowest BCUT2D eigenvalue weighted by molar-refractivity contribution is -1.23. The van der Waals surface area contributed by atoms with Crippen molar-refractivity contribution >= 4 is 0 Å². The van der Waals surface area contributed by atoms with Crippen molar-refractivity contribution in [3.63, 3.8) is 0 Å². The van der Waals surface area contributed by atoms with Crippen LogP contribution in [0.4, 0.5) is 149 Å². The predicted octanol–water partition coefficient (Wildman–Crippen LogP) is 7.74. The molecule has 1 atom stereocenters. The van der Waals surface area contributed by atoms with Crippen LogP contribution in [0, 0.1) is 0 Å². The molecule has 1 unspecified atom stereocenters. The standard InChI is InChI=1S/C15F34NO2.HI/c16-1(17,3(20,21)5(24,25)26)2(18,19)4(22,23)10(39,40)50(15(47,48)49,11(41,42)6(27,28)29)14(9(36,37)38,51-12(43,44)7(30,31)32)52-13(45,46)8(33,34)35;/h;1H/q+1;/p-1. The van der Waals surface area contributed by atoms with E-state index in [1.165, 1.54) is 0 Å². The van der Waals surface area contributed by atoms with Gasteiger partial charge in [0, 0.05) is 0 Å². The Morgan fingerprint density at radius 2 is 0.528 bits per heavy atom. The van der Waals surface area contributed by atoms with E-state index in [4.69, 9.17) is 0 Å². The molecule has 0 amide bonds. The number of alkyl halides is 34. The van der Waals surface area contributed by atoms with Crippen LogP contribution in [0.3, 0.4) is 0 Å². The lowest BCUT2D eigenvalue weighted by Crippen LogP contribution is -3.00. The zero-order chi connectivity index (χ0) is 43.4. The third-order valence-electron chi connectivity index (χ3n) is 5.47. The summed E-state index contributed by atoms with van der Waals surface area (Å²) in [5.74, 6) is -51.6. The molecule has 0 saturated carbocycles. The maximum absolute atomic E-state index is 15.0. The zero-order valence-corrected chi connectivity index (χ0v) is 24.1. The molecule has 322 valence electrons. The summed E-state index contributed by atoms with van der Waals surface area (Å²) in [6.07, 6.45) is -76.0. The van der Waals surface area contributed by atoms with Gasteiger partial charge in [-0.1, -0.05) is 0 Å². The molecule has 0 aromatic heterocycles. The van der Waals surface area contributed by atoms with Crippen LogP contribution in [0.25, 0.3) is 0 Å². The van der Waals surface area contributed by atoms with E-state index in [2.05, 4.69) is 0 Å². The van der Waals surface area contributed by atoms with Crippen molar-refractivity contribution in [1.82, 2.24) is 0 Å². The summed E-state index contributed by atoms with van der Waals surface area (Å²) < 4.78 is 449. The van der Waals surface area contributed by atoms with Crippen molar-refractivity contribution < 1.29 is 187 Å². The molecular weight excluding hydrogens is 999 g/mol. The van der Waals surface area contributed by atoms with Gasteiger partial charge in [-0.05, 0) is 4.48 Å². The van der Waals surface area contributed by atoms with E-state index in [1.54, 1.807) is 0 Å². The van der Waals surface area contributed by atoms with Crippen molar-refractivity contribution in [3.8, 4) is 0 Å². The van der Waals surface area contributed by atoms with E-state index in [1.807, 2.05) is 0 Å². The Morgan fingerprint density at radius 3 is 0.717 bits per heavy atom. The largest absolute Gasteiger partial charge is 1.00 e. The second-order valence-electron chi connectivity index (χ2n) is 8.83. The Bertz CT molecular complexity index is 1250. The Balaban J connectivity index is 0. The minimum atomic E-state index is -11.4. The van der Waals surface area contributed by atoms with Gasteiger partial charge < -0.3 is 24.0 Å². The highest BCUT2D eigenvalue weighted by molar-refractivity contribution is 5.10. The summed E-state index contributed by atoms with van der Waals surface area (Å²) in [7, 11) is 0. The number of rotatable bonds is 11. The molecule has 53 heavy (non-hydrogen) atoms. The van der Waals surface area contributed by atoms with Gasteiger partial charge >= 0.3 is 91.1 Å². The van der Waals surface area contributed by atoms with Gasteiger partial charge in [-0.3, -0.25) is 0 Å². The third kappa shape index (κ3) is 7.22. The average molecular weight is 999 g/mol. The first-order valence-electron chi connectivity index (χ1n) is 10.4. The number of hydrogen-bond acceptors (Lipinski definition) is 2. The van der Waals surface area contributed by atoms with Crippen LogP contribution >= 0.6 is 0 Å². The van der Waals surface area contributed by atoms with Crippen LogP contribution in [0.15, 0.2) is 0 Å². The second kappa shape index (κ2) is 13.1. The van der Waals surface area contributed by atoms with Gasteiger partial charge in [0.1, 0.15) is 0 Å². The highest BCUT2D eigenvalue weighted by atomic mass is 127. The minimum Gasteiger partial charge on any atom is -1.00 e. The molecule has 0 fully saturated rings. The molecule has 0 spiro atoms. The van der Waals surface area contributed by atoms with Crippen LogP contribution in [0.1, 0.15) is 0 Å². The van der Waals surface area contributed by atoms with Crippen LogP contribution in [-0.4, -0.2) is 95.6 Å². The van der Waals surface area contributed by atoms with Crippen LogP contribution in [0.2, 0.25) is 0 Å². The quantitative estimate of drug-likeness (QED) is 0.0695. The average Bonchev–Trinajstić information content (AvgIpc) is 2.78. The number of quaternary nitrogens is 1. The molecule has 0 rings (SSSR count). The summed E-state index contributed by atoms with van der Waals surface area (Å²) >= 11 is 0. The van der Waals surface area contributed by atoms with Crippen molar-refractivity contribution in [2.75, 3.05) is 0 Å². The van der Waals surface area contributed by atoms with E-state index >= 15 is 0 Å². The van der Waals surface area contributed by atoms with Gasteiger partial charge in [0.25, 0.3) is 0 Å². The van der Waals surface area contributed by atoms with E-state index in [0.29, 0.717) is 9.47 Å². The lowest BCUT2D eigenvalue weighted by atomic mass is 9.94. The normalized spacial score (nSPS) is 17.8. The molecule has 0 aromatic rings. The highest BCUT2D eigenvalue weighted by Crippen LogP contribution is 2.72. The molecule has 0 radical (unpaired) electrons. The van der Waals surface area contributed by atoms with Crippen molar-refractivity contribution in [2.24, 2.45) is 0 Å². The van der Waals surface area contributed by atoms with Gasteiger partial charge in [0.2, 0.25) is 0 Å². The molecule has 0 N–H and O–H groups in total. The van der Waals surface area contributed by atoms with E-state index < -0.39 is 95.6 Å². The van der Waals surface area contributed by atoms with Crippen LogP contribution in [0.5, 0.6) is 0 Å². The monoisotopic (exact) mass is 999 g/mol. The molecule has 0 aromatic carbocycles. The molecule has 38 heteroatoms. The molecule has 0 aliphatic heterocycles. The summed E-state index contributed by atoms with van der Waals surface area (Å²) in [6.45, 7) is 0. The number of halogens is 35. The topological polar surface area (TPSA) is 18.5 Å². The number of nitrogens with zero attached hydrogens (tertiary/aromatic N) is 1. The summed E-state index contributed by atoms with van der Waals surface area (Å²) in [4.78, 5) is 0. The molecular formula is C15F34INO2. The van der Waals surface area contributed by atoms with Crippen molar-refractivity contribution in [2.45, 2.75) is 91.1 Å². The van der Waals surface area contributed by atoms with Gasteiger partial charge in [0.15, 0.2) is 0 Å². The molecule has 0 saturated heterocycles. The Hall–Kier alpha value is -1.77. The zero-order valence-electron chi connectivity index (χ0n) is 22.0. The number of hydrogen-bond donors (Lipinski definition) is 0. The Kier molecular flexibility index (Phi) is 13.2. The van der Waals surface area contributed by atoms with E-state index in [-0.39, 0.29) is 24.0 Å². The lowest BCUT2D eigenvalue weighted by Gasteiger charge is -2.56. The van der Waals surface area contributed by atoms with Crippen molar-refractivity contribution in [1.29, 1.82) is 0 Å². The summed E-state index contributed by atoms with van der Waals surface area (Å²) in [6, 6.07) is -22.3. The summed E-state index contributed by atoms with van der Waals surface area (Å²) in [5.41, 5.74) is 0. The smallest absolute Gasteiger partial charge is 0.576 e. The first-order valence-corrected chi connectivity index (χ1v) is 10.4. The maximum Gasteiger partial charge on any atom is 0.576 e. The summed E-state index contributed by atoms with van der Waals surface area (Å²) in [5, 5.41) is 0. The Morgan fingerprint density at radius 1 is 0.264 bits per heavy atom. The van der Waals surface area contributed by atoms with Gasteiger partial charge in [-0.2, -0.15) is 119 Å². The SMILES string of the molecule is FC(F)(F)C(F)(F)OC(OC(F)(F)C(F)(F)F)(C(F)(F)F)[N+](C(F)(F)F)(C(F)(F)C(F)(F)F)C(F)(F)C(F)(F)C(F)(F)C(F)(F)C(F)(F)C(F)(F)F.[I-]. The molecule has 0 bridgehead atoms. The van der Waals surface area contributed by atoms with Gasteiger partial charge in [-0.15, -0.1) is 30.7 Å². The fraction of sp³-hybridized carbons (Fsp3) is 1.00. The number of ether oxygens (including phenoxy) is 2. The highest BCUT2D eigenvalue weighted by Gasteiger charge is 3.09. The van der Waals surface area contributed by atoms with Crippen LogP contribution < -0.4 is 24.0 Å².